The second-order valence-electron chi connectivity index (χ2n) is 11.4. The maximum absolute atomic E-state index is 13.9. The summed E-state index contributed by atoms with van der Waals surface area (Å²) in [7, 11) is 0. The fourth-order valence-electron chi connectivity index (χ4n) is 6.82. The number of aryl methyl sites for hydroxylation is 1. The Labute approximate surface area is 224 Å². The maximum Gasteiger partial charge on any atom is 0.410 e. The van der Waals surface area contributed by atoms with Gasteiger partial charge in [0, 0.05) is 44.6 Å². The fourth-order valence-corrected chi connectivity index (χ4v) is 6.82. The first kappa shape index (κ1) is 26.7. The van der Waals surface area contributed by atoms with Crippen molar-refractivity contribution in [2.45, 2.75) is 103 Å². The van der Waals surface area contributed by atoms with E-state index in [0.29, 0.717) is 31.2 Å². The Bertz CT molecular complexity index is 1170. The van der Waals surface area contributed by atoms with Crippen LogP contribution < -0.4 is 5.32 Å². The highest BCUT2D eigenvalue weighted by Crippen LogP contribution is 2.43. The van der Waals surface area contributed by atoms with E-state index in [4.69, 9.17) is 9.72 Å². The number of imidazole rings is 1. The van der Waals surface area contributed by atoms with Crippen molar-refractivity contribution < 1.29 is 18.7 Å². The molecule has 8 nitrogen and oxygen atoms in total. The summed E-state index contributed by atoms with van der Waals surface area (Å²) in [5, 5.41) is 3.02. The molecule has 2 fully saturated rings. The molecule has 2 aromatic rings. The van der Waals surface area contributed by atoms with Crippen molar-refractivity contribution in [3.63, 3.8) is 0 Å². The van der Waals surface area contributed by atoms with Gasteiger partial charge >= 0.3 is 6.09 Å². The molecule has 206 valence electrons. The molecule has 38 heavy (non-hydrogen) atoms. The molecule has 0 spiro atoms. The molecule has 0 radical (unpaired) electrons. The minimum atomic E-state index is -0.284. The Morgan fingerprint density at radius 1 is 1.18 bits per heavy atom. The number of hydrogen-bond acceptors (Lipinski definition) is 5. The lowest BCUT2D eigenvalue weighted by Gasteiger charge is -2.41. The van der Waals surface area contributed by atoms with Gasteiger partial charge in [0.25, 0.3) is 0 Å². The number of nitrogens with zero attached hydrogens (tertiary/aromatic N) is 4. The quantitative estimate of drug-likeness (QED) is 0.568. The number of carbonyl (C=O) groups is 2. The van der Waals surface area contributed by atoms with Gasteiger partial charge in [-0.1, -0.05) is 12.1 Å². The Morgan fingerprint density at radius 2 is 1.92 bits per heavy atom. The molecule has 9 heteroatoms. The van der Waals surface area contributed by atoms with Gasteiger partial charge in [0.1, 0.15) is 11.6 Å². The van der Waals surface area contributed by atoms with Crippen LogP contribution >= 0.6 is 0 Å². The van der Waals surface area contributed by atoms with E-state index in [1.54, 1.807) is 11.0 Å². The number of carbonyl (C=O) groups excluding carboxylic acids is 2. The first-order chi connectivity index (χ1) is 18.2. The number of ether oxygens (including phenoxy) is 1. The summed E-state index contributed by atoms with van der Waals surface area (Å²) >= 11 is 0. The van der Waals surface area contributed by atoms with Crippen molar-refractivity contribution >= 4 is 12.0 Å². The van der Waals surface area contributed by atoms with Gasteiger partial charge in [-0.15, -0.1) is 0 Å². The number of hydrogen-bond donors (Lipinski definition) is 1. The van der Waals surface area contributed by atoms with Gasteiger partial charge in [-0.2, -0.15) is 0 Å². The molecule has 3 atom stereocenters. The largest absolute Gasteiger partial charge is 0.447 e. The van der Waals surface area contributed by atoms with E-state index >= 15 is 0 Å². The topological polar surface area (TPSA) is 79.7 Å². The Hall–Kier alpha value is -2.94. The number of aromatic nitrogens is 2. The number of rotatable bonds is 7. The summed E-state index contributed by atoms with van der Waals surface area (Å²) < 4.78 is 21.8. The van der Waals surface area contributed by atoms with Gasteiger partial charge in [0.2, 0.25) is 5.91 Å². The van der Waals surface area contributed by atoms with Crippen molar-refractivity contribution in [2.75, 3.05) is 13.1 Å². The van der Waals surface area contributed by atoms with Crippen LogP contribution in [-0.2, 0) is 22.5 Å². The Balaban J connectivity index is 1.27. The minimum absolute atomic E-state index is 0.104. The zero-order valence-electron chi connectivity index (χ0n) is 23.0. The smallest absolute Gasteiger partial charge is 0.410 e. The third kappa shape index (κ3) is 5.58. The number of nitrogens with one attached hydrogen (secondary N) is 1. The number of halogens is 1. The van der Waals surface area contributed by atoms with E-state index in [-0.39, 0.29) is 30.0 Å². The van der Waals surface area contributed by atoms with Crippen LogP contribution in [0.15, 0.2) is 24.3 Å². The van der Waals surface area contributed by atoms with E-state index in [2.05, 4.69) is 21.7 Å². The van der Waals surface area contributed by atoms with Crippen LogP contribution in [0.25, 0.3) is 0 Å². The monoisotopic (exact) mass is 525 g/mol. The molecule has 1 aromatic heterocycles. The molecule has 2 bridgehead atoms. The van der Waals surface area contributed by atoms with Crippen molar-refractivity contribution in [3.05, 3.63) is 52.9 Å². The molecule has 3 aliphatic heterocycles. The Morgan fingerprint density at radius 3 is 2.58 bits per heavy atom. The number of benzene rings is 1. The van der Waals surface area contributed by atoms with Crippen LogP contribution in [0.4, 0.5) is 9.18 Å². The van der Waals surface area contributed by atoms with Crippen molar-refractivity contribution in [2.24, 2.45) is 0 Å². The van der Waals surface area contributed by atoms with Crippen molar-refractivity contribution in [1.29, 1.82) is 0 Å². The highest BCUT2D eigenvalue weighted by atomic mass is 19.1. The summed E-state index contributed by atoms with van der Waals surface area (Å²) in [5.41, 5.74) is 3.08. The van der Waals surface area contributed by atoms with Crippen LogP contribution in [0.5, 0.6) is 0 Å². The highest BCUT2D eigenvalue weighted by Gasteiger charge is 2.42. The number of fused-ring (bicyclic) bond motifs is 3. The third-order valence-electron chi connectivity index (χ3n) is 8.35. The average molecular weight is 526 g/mol. The van der Waals surface area contributed by atoms with Crippen LogP contribution in [0, 0.1) is 12.7 Å². The summed E-state index contributed by atoms with van der Waals surface area (Å²) in [4.78, 5) is 33.8. The molecule has 2 saturated heterocycles. The van der Waals surface area contributed by atoms with E-state index in [1.807, 2.05) is 19.9 Å². The molecule has 1 N–H and O–H groups in total. The lowest BCUT2D eigenvalue weighted by atomic mass is 9.95. The second-order valence-corrected chi connectivity index (χ2v) is 11.4. The standard InChI is InChI=1S/C29H40FN5O3/c1-18(2)38-29(37)33-12-10-27-28(17-33)35(19(3)31-27)25-15-23-8-9-24(16-25)34(23)13-11-26(32-20(4)36)21-6-5-7-22(30)14-21/h5-7,14,18,23-26H,8-13,15-17H2,1-4H3,(H,32,36)/t23?,24?,25?,26-/m0/s1. The van der Waals surface area contributed by atoms with Crippen LogP contribution in [0.3, 0.4) is 0 Å². The van der Waals surface area contributed by atoms with E-state index in [9.17, 15) is 14.0 Å². The molecule has 3 aliphatic rings. The third-order valence-corrected chi connectivity index (χ3v) is 8.35. The van der Waals surface area contributed by atoms with Gasteiger partial charge in [-0.3, -0.25) is 9.69 Å². The molecule has 5 rings (SSSR count). The lowest BCUT2D eigenvalue weighted by molar-refractivity contribution is -0.119. The van der Waals surface area contributed by atoms with Crippen LogP contribution in [-0.4, -0.2) is 62.6 Å². The van der Waals surface area contributed by atoms with E-state index in [1.165, 1.54) is 19.1 Å². The van der Waals surface area contributed by atoms with Gasteiger partial charge in [0.15, 0.2) is 0 Å². The number of amides is 2. The predicted octanol–water partition coefficient (Wildman–Crippen LogP) is 4.67. The molecular formula is C29H40FN5O3. The summed E-state index contributed by atoms with van der Waals surface area (Å²) in [6, 6.07) is 7.62. The molecule has 2 unspecified atom stereocenters. The first-order valence-electron chi connectivity index (χ1n) is 14.0. The fraction of sp³-hybridized carbons (Fsp3) is 0.621. The SMILES string of the molecule is CC(=O)N[C@@H](CCN1C2CCC1CC(n1c(C)nc3c1CN(C(=O)OC(C)C)CC3)C2)c1cccc(F)c1. The summed E-state index contributed by atoms with van der Waals surface area (Å²) in [6.45, 7) is 9.39. The van der Waals surface area contributed by atoms with Gasteiger partial charge in [-0.25, -0.2) is 14.2 Å². The van der Waals surface area contributed by atoms with Gasteiger partial charge in [0.05, 0.1) is 30.1 Å². The van der Waals surface area contributed by atoms with Crippen LogP contribution in [0.2, 0.25) is 0 Å². The van der Waals surface area contributed by atoms with Gasteiger partial charge in [-0.05, 0) is 70.6 Å². The van der Waals surface area contributed by atoms with Crippen LogP contribution in [0.1, 0.15) is 87.7 Å². The molecule has 1 aromatic carbocycles. The molecule has 0 saturated carbocycles. The zero-order chi connectivity index (χ0) is 27.0. The molecule has 4 heterocycles. The summed E-state index contributed by atoms with van der Waals surface area (Å²) in [6.07, 6.45) is 5.52. The number of piperidine rings is 1. The molecule has 0 aliphatic carbocycles. The average Bonchev–Trinajstić information content (AvgIpc) is 3.31. The maximum atomic E-state index is 13.9. The van der Waals surface area contributed by atoms with Crippen molar-refractivity contribution in [1.82, 2.24) is 24.7 Å². The normalized spacial score (nSPS) is 23.8. The lowest BCUT2D eigenvalue weighted by Crippen LogP contribution is -2.45. The zero-order valence-corrected chi connectivity index (χ0v) is 23.0. The van der Waals surface area contributed by atoms with Gasteiger partial charge < -0.3 is 19.5 Å². The van der Waals surface area contributed by atoms with Crippen molar-refractivity contribution in [3.8, 4) is 0 Å². The predicted molar refractivity (Wildman–Crippen MR) is 142 cm³/mol. The van der Waals surface area contributed by atoms with E-state index < -0.39 is 0 Å². The van der Waals surface area contributed by atoms with E-state index in [0.717, 1.165) is 67.8 Å². The Kier molecular flexibility index (Phi) is 7.75. The second kappa shape index (κ2) is 11.0. The summed E-state index contributed by atoms with van der Waals surface area (Å²) in [5.74, 6) is 0.644. The molecule has 2 amide bonds. The minimum Gasteiger partial charge on any atom is -0.447 e. The highest BCUT2D eigenvalue weighted by molar-refractivity contribution is 5.73. The first-order valence-corrected chi connectivity index (χ1v) is 14.0. The molecular weight excluding hydrogens is 485 g/mol.